The lowest BCUT2D eigenvalue weighted by Crippen LogP contribution is -2.21. The van der Waals surface area contributed by atoms with Gasteiger partial charge in [0.25, 0.3) is 0 Å². The number of hydrogen-bond acceptors (Lipinski definition) is 8. The van der Waals surface area contributed by atoms with E-state index in [1.807, 2.05) is 24.4 Å². The largest absolute Gasteiger partial charge is 0.497 e. The summed E-state index contributed by atoms with van der Waals surface area (Å²) >= 11 is 0. The number of nitrogens with one attached hydrogen (secondary N) is 1. The highest BCUT2D eigenvalue weighted by Crippen LogP contribution is 2.40. The molecule has 1 aliphatic rings. The number of hydrogen-bond donors (Lipinski definition) is 3. The molecule has 0 bridgehead atoms. The molecule has 0 spiro atoms. The number of aliphatic imine (C=N–C) groups is 2. The molecular formula is C36H50N6O3. The molecule has 0 aliphatic heterocycles. The van der Waals surface area contributed by atoms with Crippen molar-refractivity contribution in [1.82, 2.24) is 4.90 Å². The fraction of sp³-hybridized carbons (Fsp3) is 0.361. The zero-order chi connectivity index (χ0) is 33.0. The predicted octanol–water partition coefficient (Wildman–Crippen LogP) is 5.29. The number of nitrogens with two attached hydrogens (primary N) is 2. The normalized spacial score (nSPS) is 15.2. The minimum atomic E-state index is 0.243. The molecule has 1 amide bonds. The third-order valence-electron chi connectivity index (χ3n) is 7.37. The van der Waals surface area contributed by atoms with Gasteiger partial charge in [-0.3, -0.25) is 14.8 Å². The zero-order valence-corrected chi connectivity index (χ0v) is 27.5. The second kappa shape index (κ2) is 20.5. The van der Waals surface area contributed by atoms with E-state index in [4.69, 9.17) is 19.3 Å². The van der Waals surface area contributed by atoms with E-state index in [1.165, 1.54) is 23.7 Å². The first-order valence-electron chi connectivity index (χ1n) is 15.2. The van der Waals surface area contributed by atoms with E-state index in [9.17, 15) is 0 Å². The number of carbonyl (C=O) groups excluding carboxylic acids is 1. The average Bonchev–Trinajstić information content (AvgIpc) is 3.06. The molecular weight excluding hydrogens is 564 g/mol. The van der Waals surface area contributed by atoms with Gasteiger partial charge in [-0.05, 0) is 113 Å². The van der Waals surface area contributed by atoms with Crippen LogP contribution < -0.4 is 26.3 Å². The number of amides is 1. The fourth-order valence-electron chi connectivity index (χ4n) is 5.31. The summed E-state index contributed by atoms with van der Waals surface area (Å²) in [6.07, 6.45) is 6.04. The molecule has 3 aromatic carbocycles. The van der Waals surface area contributed by atoms with E-state index in [2.05, 4.69) is 96.0 Å². The summed E-state index contributed by atoms with van der Waals surface area (Å²) < 4.78 is 10.9. The van der Waals surface area contributed by atoms with Crippen molar-refractivity contribution in [2.24, 2.45) is 21.5 Å². The minimum absolute atomic E-state index is 0.243. The Morgan fingerprint density at radius 3 is 2.38 bits per heavy atom. The van der Waals surface area contributed by atoms with Crippen molar-refractivity contribution in [3.63, 3.8) is 0 Å². The molecule has 9 nitrogen and oxygen atoms in total. The minimum Gasteiger partial charge on any atom is -0.497 e. The lowest BCUT2D eigenvalue weighted by Gasteiger charge is -2.29. The highest BCUT2D eigenvalue weighted by Gasteiger charge is 2.28. The highest BCUT2D eigenvalue weighted by molar-refractivity contribution is 6.15. The second-order valence-corrected chi connectivity index (χ2v) is 10.5. The van der Waals surface area contributed by atoms with Crippen LogP contribution in [0.2, 0.25) is 0 Å². The fourth-order valence-corrected chi connectivity index (χ4v) is 5.31. The van der Waals surface area contributed by atoms with Gasteiger partial charge >= 0.3 is 0 Å². The van der Waals surface area contributed by atoms with Crippen molar-refractivity contribution in [3.8, 4) is 11.5 Å². The van der Waals surface area contributed by atoms with E-state index in [1.54, 1.807) is 14.2 Å². The lowest BCUT2D eigenvalue weighted by atomic mass is 9.75. The number of carbonyl (C=O) groups is 1. The molecule has 45 heavy (non-hydrogen) atoms. The summed E-state index contributed by atoms with van der Waals surface area (Å²) in [5.74, 6) is 1.96. The molecule has 1 atom stereocenters. The monoisotopic (exact) mass is 614 g/mol. The van der Waals surface area contributed by atoms with Gasteiger partial charge in [-0.1, -0.05) is 36.4 Å². The first-order chi connectivity index (χ1) is 21.9. The van der Waals surface area contributed by atoms with E-state index in [0.29, 0.717) is 0 Å². The SMILES string of the molecule is C=N/C=C1/CC(c2ccc(NCCc3cc(OC)ccc3OC)cc2)c2ccccc2C1=NCCCCN(C)C.CN.NC=O. The van der Waals surface area contributed by atoms with Crippen LogP contribution in [0.15, 0.2) is 88.5 Å². The Balaban J connectivity index is 0.00000133. The standard InChI is InChI=1S/C34H42N4O2.CH3NO.CH5N/c1-35-24-27-23-32(30-10-6-7-11-31(30)34(27)37-19-8-9-21-38(2)3)25-12-14-28(15-13-25)36-20-18-26-22-29(39-4)16-17-33(26)40-5;2-1-3;1-2/h6-7,10-17,22,24,32,36H,1,8-9,18-21,23H2,2-5H3;1H,(H2,2,3);2H2,1H3/b27-24-,37-34?;;. The van der Waals surface area contributed by atoms with Crippen molar-refractivity contribution in [1.29, 1.82) is 0 Å². The van der Waals surface area contributed by atoms with E-state index < -0.39 is 0 Å². The number of allylic oxidation sites excluding steroid dienone is 1. The number of unbranched alkanes of at least 4 members (excludes halogenated alkanes) is 1. The number of fused-ring (bicyclic) bond motifs is 1. The van der Waals surface area contributed by atoms with Crippen molar-refractivity contribution >= 4 is 24.5 Å². The molecule has 9 heteroatoms. The van der Waals surface area contributed by atoms with Crippen molar-refractivity contribution in [3.05, 3.63) is 101 Å². The quantitative estimate of drug-likeness (QED) is 0.137. The molecule has 0 aromatic heterocycles. The predicted molar refractivity (Wildman–Crippen MR) is 188 cm³/mol. The molecule has 0 fully saturated rings. The van der Waals surface area contributed by atoms with Crippen LogP contribution in [0.25, 0.3) is 0 Å². The van der Waals surface area contributed by atoms with Gasteiger partial charge < -0.3 is 31.2 Å². The summed E-state index contributed by atoms with van der Waals surface area (Å²) in [5.41, 5.74) is 16.9. The van der Waals surface area contributed by atoms with Gasteiger partial charge in [-0.15, -0.1) is 0 Å². The number of anilines is 1. The average molecular weight is 615 g/mol. The van der Waals surface area contributed by atoms with Crippen LogP contribution in [0.1, 0.15) is 47.4 Å². The summed E-state index contributed by atoms with van der Waals surface area (Å²) in [6, 6.07) is 23.4. The number of ether oxygens (including phenoxy) is 2. The molecule has 5 N–H and O–H groups in total. The van der Waals surface area contributed by atoms with Gasteiger partial charge in [0.2, 0.25) is 6.41 Å². The van der Waals surface area contributed by atoms with E-state index in [0.717, 1.165) is 79.4 Å². The lowest BCUT2D eigenvalue weighted by molar-refractivity contribution is -0.106. The third-order valence-corrected chi connectivity index (χ3v) is 7.37. The maximum absolute atomic E-state index is 8.58. The first-order valence-corrected chi connectivity index (χ1v) is 15.2. The van der Waals surface area contributed by atoms with E-state index in [-0.39, 0.29) is 12.3 Å². The maximum atomic E-state index is 8.58. The Bertz CT molecular complexity index is 1390. The summed E-state index contributed by atoms with van der Waals surface area (Å²) in [4.78, 5) is 20.0. The smallest absolute Gasteiger partial charge is 0.204 e. The van der Waals surface area contributed by atoms with Crippen LogP contribution in [-0.2, 0) is 11.2 Å². The molecule has 242 valence electrons. The number of benzene rings is 3. The molecule has 0 saturated carbocycles. The Morgan fingerprint density at radius 2 is 1.73 bits per heavy atom. The van der Waals surface area contributed by atoms with Crippen LogP contribution in [0.5, 0.6) is 11.5 Å². The molecule has 3 aromatic rings. The Morgan fingerprint density at radius 1 is 1.02 bits per heavy atom. The van der Waals surface area contributed by atoms with Gasteiger partial charge in [-0.2, -0.15) is 0 Å². The topological polar surface area (TPSA) is 128 Å². The number of methoxy groups -OCH3 is 2. The van der Waals surface area contributed by atoms with Gasteiger partial charge in [0, 0.05) is 36.5 Å². The Hall–Kier alpha value is -4.47. The molecule has 0 saturated heterocycles. The summed E-state index contributed by atoms with van der Waals surface area (Å²) in [6.45, 7) is 6.44. The molecule has 4 rings (SSSR count). The second-order valence-electron chi connectivity index (χ2n) is 10.5. The first kappa shape index (κ1) is 36.7. The van der Waals surface area contributed by atoms with Gasteiger partial charge in [-0.25, -0.2) is 0 Å². The maximum Gasteiger partial charge on any atom is 0.204 e. The van der Waals surface area contributed by atoms with Gasteiger partial charge in [0.15, 0.2) is 0 Å². The molecule has 1 aliphatic carbocycles. The summed E-state index contributed by atoms with van der Waals surface area (Å²) in [5, 5.41) is 3.55. The van der Waals surface area contributed by atoms with Crippen molar-refractivity contribution in [2.75, 3.05) is 60.3 Å². The number of rotatable bonds is 13. The van der Waals surface area contributed by atoms with E-state index >= 15 is 0 Å². The zero-order valence-electron chi connectivity index (χ0n) is 27.5. The van der Waals surface area contributed by atoms with Crippen molar-refractivity contribution in [2.45, 2.75) is 31.6 Å². The van der Waals surface area contributed by atoms with Gasteiger partial charge in [0.1, 0.15) is 11.5 Å². The Labute approximate surface area is 269 Å². The summed E-state index contributed by atoms with van der Waals surface area (Å²) in [7, 11) is 9.11. The van der Waals surface area contributed by atoms with Gasteiger partial charge in [0.05, 0.1) is 19.9 Å². The van der Waals surface area contributed by atoms with Crippen LogP contribution in [0, 0.1) is 0 Å². The van der Waals surface area contributed by atoms with Crippen LogP contribution in [0.4, 0.5) is 5.69 Å². The highest BCUT2D eigenvalue weighted by atomic mass is 16.5. The number of primary amides is 1. The van der Waals surface area contributed by atoms with Crippen molar-refractivity contribution < 1.29 is 14.3 Å². The Kier molecular flexibility index (Phi) is 16.7. The molecule has 0 heterocycles. The van der Waals surface area contributed by atoms with Crippen LogP contribution >= 0.6 is 0 Å². The van der Waals surface area contributed by atoms with Crippen LogP contribution in [0.3, 0.4) is 0 Å². The van der Waals surface area contributed by atoms with Crippen LogP contribution in [-0.4, -0.2) is 78.7 Å². The number of nitrogens with zero attached hydrogens (tertiary/aromatic N) is 3. The molecule has 0 radical (unpaired) electrons. The molecule has 1 unspecified atom stereocenters. The third kappa shape index (κ3) is 11.2.